The fourth-order valence-corrected chi connectivity index (χ4v) is 4.16. The van der Waals surface area contributed by atoms with Crippen LogP contribution in [-0.2, 0) is 0 Å². The third kappa shape index (κ3) is 2.46. The van der Waals surface area contributed by atoms with Crippen molar-refractivity contribution in [2.45, 2.75) is 25.3 Å². The van der Waals surface area contributed by atoms with Gasteiger partial charge in [0.05, 0.1) is 11.0 Å². The Hall–Kier alpha value is -2.53. The fraction of sp³-hybridized carbons (Fsp3) is 0.263. The number of hydrogen-bond acceptors (Lipinski definition) is 4. The molecule has 2 aromatic rings. The summed E-state index contributed by atoms with van der Waals surface area (Å²) in [5.74, 6) is 0.466. The van der Waals surface area contributed by atoms with Crippen LogP contribution in [0.5, 0.6) is 5.75 Å². The smallest absolute Gasteiger partial charge is 0.270 e. The summed E-state index contributed by atoms with van der Waals surface area (Å²) in [6.07, 6.45) is 5.17. The number of benzene rings is 2. The van der Waals surface area contributed by atoms with E-state index in [-0.39, 0.29) is 29.3 Å². The van der Waals surface area contributed by atoms with Gasteiger partial charge in [-0.2, -0.15) is 0 Å². The highest BCUT2D eigenvalue weighted by molar-refractivity contribution is 6.31. The number of phenols is 1. The van der Waals surface area contributed by atoms with Crippen LogP contribution in [0.15, 0.2) is 42.5 Å². The standard InChI is InChI=1S/C19H17ClN2O3/c1-10-16(20)7-6-14-12-3-2-4-13(12)19(21-18(10)14)15-9-11(22(24)25)5-8-17(15)23/h2-3,5-9,12-13,19,21,23H,4H2,1H3. The molecule has 0 bridgehead atoms. The Morgan fingerprint density at radius 2 is 2.08 bits per heavy atom. The lowest BCUT2D eigenvalue weighted by molar-refractivity contribution is -0.385. The van der Waals surface area contributed by atoms with E-state index in [2.05, 4.69) is 17.5 Å². The second-order valence-corrected chi connectivity index (χ2v) is 7.02. The predicted octanol–water partition coefficient (Wildman–Crippen LogP) is 5.09. The highest BCUT2D eigenvalue weighted by Gasteiger charge is 2.40. The number of nitro groups is 1. The first-order valence-electron chi connectivity index (χ1n) is 8.17. The number of anilines is 1. The number of halogens is 1. The maximum absolute atomic E-state index is 11.1. The van der Waals surface area contributed by atoms with Gasteiger partial charge in [-0.3, -0.25) is 10.1 Å². The van der Waals surface area contributed by atoms with Crippen molar-refractivity contribution in [3.63, 3.8) is 0 Å². The Morgan fingerprint density at radius 3 is 2.84 bits per heavy atom. The van der Waals surface area contributed by atoms with Gasteiger partial charge >= 0.3 is 0 Å². The van der Waals surface area contributed by atoms with E-state index in [0.29, 0.717) is 10.6 Å². The van der Waals surface area contributed by atoms with Crippen LogP contribution in [0.4, 0.5) is 11.4 Å². The molecular formula is C19H17ClN2O3. The molecule has 0 aromatic heterocycles. The van der Waals surface area contributed by atoms with Gasteiger partial charge in [0.2, 0.25) is 0 Å². The van der Waals surface area contributed by atoms with Gasteiger partial charge < -0.3 is 10.4 Å². The maximum atomic E-state index is 11.1. The van der Waals surface area contributed by atoms with Crippen molar-refractivity contribution in [2.24, 2.45) is 5.92 Å². The Labute approximate surface area is 150 Å². The SMILES string of the molecule is Cc1c(Cl)ccc2c1NC(c1cc([N+](=O)[O-])ccc1O)C1CC=CC21. The topological polar surface area (TPSA) is 75.4 Å². The third-order valence-corrected chi connectivity index (χ3v) is 5.70. The van der Waals surface area contributed by atoms with E-state index >= 15 is 0 Å². The highest BCUT2D eigenvalue weighted by atomic mass is 35.5. The second-order valence-electron chi connectivity index (χ2n) is 6.61. The largest absolute Gasteiger partial charge is 0.508 e. The Morgan fingerprint density at radius 1 is 1.28 bits per heavy atom. The summed E-state index contributed by atoms with van der Waals surface area (Å²) < 4.78 is 0. The number of phenolic OH excluding ortho intramolecular Hbond substituents is 1. The molecular weight excluding hydrogens is 340 g/mol. The number of allylic oxidation sites excluding steroid dienone is 2. The number of nitro benzene ring substituents is 1. The molecule has 2 aromatic carbocycles. The minimum Gasteiger partial charge on any atom is -0.508 e. The van der Waals surface area contributed by atoms with Gasteiger partial charge in [0, 0.05) is 34.3 Å². The van der Waals surface area contributed by atoms with E-state index in [1.807, 2.05) is 19.1 Å². The van der Waals surface area contributed by atoms with Gasteiger partial charge in [0.25, 0.3) is 5.69 Å². The monoisotopic (exact) mass is 356 g/mol. The molecule has 0 amide bonds. The molecule has 1 heterocycles. The highest BCUT2D eigenvalue weighted by Crippen LogP contribution is 2.52. The number of nitrogens with zero attached hydrogens (tertiary/aromatic N) is 1. The van der Waals surface area contributed by atoms with Crippen molar-refractivity contribution in [1.82, 2.24) is 0 Å². The number of rotatable bonds is 2. The lowest BCUT2D eigenvalue weighted by atomic mass is 9.76. The van der Waals surface area contributed by atoms with Crippen LogP contribution in [0.3, 0.4) is 0 Å². The molecule has 0 spiro atoms. The van der Waals surface area contributed by atoms with Gasteiger partial charge in [-0.15, -0.1) is 0 Å². The number of nitrogens with one attached hydrogen (secondary N) is 1. The van der Waals surface area contributed by atoms with Crippen molar-refractivity contribution in [1.29, 1.82) is 0 Å². The molecule has 0 radical (unpaired) electrons. The molecule has 0 fully saturated rings. The summed E-state index contributed by atoms with van der Waals surface area (Å²) in [5, 5.41) is 25.7. The van der Waals surface area contributed by atoms with Crippen molar-refractivity contribution < 1.29 is 10.0 Å². The van der Waals surface area contributed by atoms with E-state index in [0.717, 1.165) is 17.7 Å². The van der Waals surface area contributed by atoms with E-state index in [1.165, 1.54) is 23.8 Å². The van der Waals surface area contributed by atoms with Crippen LogP contribution in [-0.4, -0.2) is 10.0 Å². The van der Waals surface area contributed by atoms with Crippen molar-refractivity contribution in [2.75, 3.05) is 5.32 Å². The summed E-state index contributed by atoms with van der Waals surface area (Å²) in [4.78, 5) is 10.7. The minimum atomic E-state index is -0.438. The minimum absolute atomic E-state index is 0.0225. The maximum Gasteiger partial charge on any atom is 0.270 e. The zero-order valence-electron chi connectivity index (χ0n) is 13.6. The Balaban J connectivity index is 1.86. The molecule has 128 valence electrons. The summed E-state index contributed by atoms with van der Waals surface area (Å²) in [5.41, 5.74) is 3.62. The van der Waals surface area contributed by atoms with Crippen molar-refractivity contribution in [3.05, 3.63) is 74.3 Å². The predicted molar refractivity (Wildman–Crippen MR) is 97.3 cm³/mol. The second kappa shape index (κ2) is 5.77. The summed E-state index contributed by atoms with van der Waals surface area (Å²) >= 11 is 6.28. The molecule has 3 atom stereocenters. The Kier molecular flexibility index (Phi) is 3.69. The van der Waals surface area contributed by atoms with E-state index in [1.54, 1.807) is 0 Å². The molecule has 25 heavy (non-hydrogen) atoms. The van der Waals surface area contributed by atoms with Gasteiger partial charge in [0.1, 0.15) is 5.75 Å². The normalized spacial score (nSPS) is 23.7. The first-order chi connectivity index (χ1) is 12.0. The van der Waals surface area contributed by atoms with Crippen LogP contribution >= 0.6 is 11.6 Å². The Bertz CT molecular complexity index is 910. The van der Waals surface area contributed by atoms with Crippen molar-refractivity contribution in [3.8, 4) is 5.75 Å². The van der Waals surface area contributed by atoms with Crippen LogP contribution in [0.1, 0.15) is 35.1 Å². The lowest BCUT2D eigenvalue weighted by Crippen LogP contribution is -2.29. The molecule has 6 heteroatoms. The fourth-order valence-electron chi connectivity index (χ4n) is 4.00. The van der Waals surface area contributed by atoms with Crippen molar-refractivity contribution >= 4 is 23.0 Å². The third-order valence-electron chi connectivity index (χ3n) is 5.29. The molecule has 5 nitrogen and oxygen atoms in total. The molecule has 0 saturated heterocycles. The summed E-state index contributed by atoms with van der Waals surface area (Å²) in [6.45, 7) is 1.96. The molecule has 2 aliphatic rings. The average Bonchev–Trinajstić information content (AvgIpc) is 3.07. The van der Waals surface area contributed by atoms with Gasteiger partial charge in [-0.1, -0.05) is 29.8 Å². The molecule has 2 N–H and O–H groups in total. The average molecular weight is 357 g/mol. The first-order valence-corrected chi connectivity index (χ1v) is 8.54. The van der Waals surface area contributed by atoms with Crippen LogP contribution in [0.2, 0.25) is 5.02 Å². The molecule has 1 aliphatic carbocycles. The zero-order valence-corrected chi connectivity index (χ0v) is 14.3. The number of aromatic hydroxyl groups is 1. The van der Waals surface area contributed by atoms with Crippen LogP contribution < -0.4 is 5.32 Å². The quantitative estimate of drug-likeness (QED) is 0.446. The van der Waals surface area contributed by atoms with E-state index < -0.39 is 4.92 Å². The van der Waals surface area contributed by atoms with Gasteiger partial charge in [0.15, 0.2) is 0 Å². The van der Waals surface area contributed by atoms with Gasteiger partial charge in [-0.05, 0) is 42.5 Å². The first kappa shape index (κ1) is 16.0. The zero-order chi connectivity index (χ0) is 17.7. The summed E-state index contributed by atoms with van der Waals surface area (Å²) in [6, 6.07) is 7.91. The summed E-state index contributed by atoms with van der Waals surface area (Å²) in [7, 11) is 0. The van der Waals surface area contributed by atoms with E-state index in [9.17, 15) is 15.2 Å². The number of fused-ring (bicyclic) bond motifs is 3. The van der Waals surface area contributed by atoms with E-state index in [4.69, 9.17) is 11.6 Å². The van der Waals surface area contributed by atoms with Crippen LogP contribution in [0, 0.1) is 23.0 Å². The van der Waals surface area contributed by atoms with Gasteiger partial charge in [-0.25, -0.2) is 0 Å². The number of hydrogen-bond donors (Lipinski definition) is 2. The molecule has 3 unspecified atom stereocenters. The molecule has 0 saturated carbocycles. The van der Waals surface area contributed by atoms with Crippen LogP contribution in [0.25, 0.3) is 0 Å². The molecule has 1 aliphatic heterocycles. The number of non-ortho nitro benzene ring substituents is 1. The lowest BCUT2D eigenvalue weighted by Gasteiger charge is -2.38. The molecule has 4 rings (SSSR count).